The average molecular weight is 942 g/mol. The van der Waals surface area contributed by atoms with Gasteiger partial charge in [0, 0.05) is 19.3 Å². The first kappa shape index (κ1) is 64.6. The number of carbonyl (C=O) groups is 3. The van der Waals surface area contributed by atoms with Crippen molar-refractivity contribution in [2.75, 3.05) is 13.2 Å². The Labute approximate surface area is 416 Å². The third-order valence-corrected chi connectivity index (χ3v) is 13.2. The van der Waals surface area contributed by atoms with Crippen LogP contribution in [0.2, 0.25) is 0 Å². The van der Waals surface area contributed by atoms with E-state index in [0.29, 0.717) is 19.3 Å². The van der Waals surface area contributed by atoms with Gasteiger partial charge < -0.3 is 14.2 Å². The van der Waals surface area contributed by atoms with Crippen molar-refractivity contribution in [2.24, 2.45) is 0 Å². The highest BCUT2D eigenvalue weighted by atomic mass is 16.6. The summed E-state index contributed by atoms with van der Waals surface area (Å²) >= 11 is 0. The summed E-state index contributed by atoms with van der Waals surface area (Å²) in [4.78, 5) is 38.2. The highest BCUT2D eigenvalue weighted by molar-refractivity contribution is 5.71. The maximum Gasteiger partial charge on any atom is 0.306 e. The molecule has 0 aliphatic carbocycles. The van der Waals surface area contributed by atoms with Crippen LogP contribution in [0.1, 0.15) is 316 Å². The molecule has 392 valence electrons. The van der Waals surface area contributed by atoms with Gasteiger partial charge in [0.2, 0.25) is 0 Å². The molecule has 6 nitrogen and oxygen atoms in total. The number of hydrogen-bond donors (Lipinski definition) is 0. The fourth-order valence-corrected chi connectivity index (χ4v) is 8.75. The Morgan fingerprint density at radius 1 is 0.313 bits per heavy atom. The highest BCUT2D eigenvalue weighted by Crippen LogP contribution is 2.17. The maximum absolute atomic E-state index is 12.8. The van der Waals surface area contributed by atoms with Gasteiger partial charge in [-0.25, -0.2) is 0 Å². The molecule has 0 aliphatic heterocycles. The molecule has 0 aromatic rings. The molecule has 1 atom stereocenters. The molecule has 0 N–H and O–H groups in total. The van der Waals surface area contributed by atoms with E-state index in [1.54, 1.807) is 0 Å². The molecule has 67 heavy (non-hydrogen) atoms. The second kappa shape index (κ2) is 56.2. The minimum Gasteiger partial charge on any atom is -0.462 e. The zero-order valence-corrected chi connectivity index (χ0v) is 44.9. The predicted molar refractivity (Wildman–Crippen MR) is 289 cm³/mol. The van der Waals surface area contributed by atoms with Crippen LogP contribution in [0.3, 0.4) is 0 Å². The molecular weight excluding hydrogens is 829 g/mol. The fourth-order valence-electron chi connectivity index (χ4n) is 8.75. The monoisotopic (exact) mass is 941 g/mol. The second-order valence-electron chi connectivity index (χ2n) is 19.9. The van der Waals surface area contributed by atoms with Gasteiger partial charge in [-0.05, 0) is 51.4 Å². The molecule has 0 aliphatic rings. The Bertz CT molecular complexity index is 1130. The lowest BCUT2D eigenvalue weighted by molar-refractivity contribution is -0.167. The SMILES string of the molecule is CC/C=C\C/C=C\C/C=C\CCCCCCCC(=O)O[C@H](COC(=O)CCCCCCCCCCCCCCCCC)COC(=O)CCCCCCCCCCCCCCCCCCCCC. The van der Waals surface area contributed by atoms with Crippen LogP contribution in [0.15, 0.2) is 36.5 Å². The average Bonchev–Trinajstić information content (AvgIpc) is 3.33. The smallest absolute Gasteiger partial charge is 0.306 e. The number of unbranched alkanes of at least 4 members (excludes halogenated alkanes) is 37. The third-order valence-electron chi connectivity index (χ3n) is 13.2. The van der Waals surface area contributed by atoms with Gasteiger partial charge >= 0.3 is 17.9 Å². The molecular formula is C61H112O6. The lowest BCUT2D eigenvalue weighted by Crippen LogP contribution is -2.30. The Hall–Kier alpha value is -2.37. The number of hydrogen-bond acceptors (Lipinski definition) is 6. The lowest BCUT2D eigenvalue weighted by atomic mass is 10.0. The highest BCUT2D eigenvalue weighted by Gasteiger charge is 2.19. The van der Waals surface area contributed by atoms with E-state index in [4.69, 9.17) is 14.2 Å². The van der Waals surface area contributed by atoms with Gasteiger partial charge in [0.05, 0.1) is 0 Å². The summed E-state index contributed by atoms with van der Waals surface area (Å²) in [6.07, 6.45) is 67.1. The number of allylic oxidation sites excluding steroid dienone is 6. The van der Waals surface area contributed by atoms with E-state index in [9.17, 15) is 14.4 Å². The maximum atomic E-state index is 12.8. The number of ether oxygens (including phenoxy) is 3. The largest absolute Gasteiger partial charge is 0.462 e. The molecule has 0 heterocycles. The molecule has 0 radical (unpaired) electrons. The van der Waals surface area contributed by atoms with Crippen molar-refractivity contribution in [2.45, 2.75) is 322 Å². The first-order valence-electron chi connectivity index (χ1n) is 29.5. The van der Waals surface area contributed by atoms with Crippen LogP contribution >= 0.6 is 0 Å². The lowest BCUT2D eigenvalue weighted by Gasteiger charge is -2.18. The molecule has 0 saturated carbocycles. The van der Waals surface area contributed by atoms with Gasteiger partial charge in [-0.2, -0.15) is 0 Å². The molecule has 0 rings (SSSR count). The molecule has 0 aromatic heterocycles. The van der Waals surface area contributed by atoms with Crippen molar-refractivity contribution in [1.82, 2.24) is 0 Å². The zero-order valence-electron chi connectivity index (χ0n) is 44.9. The van der Waals surface area contributed by atoms with Crippen LogP contribution in [0, 0.1) is 0 Å². The van der Waals surface area contributed by atoms with Crippen molar-refractivity contribution in [3.8, 4) is 0 Å². The van der Waals surface area contributed by atoms with Crippen LogP contribution < -0.4 is 0 Å². The number of esters is 3. The van der Waals surface area contributed by atoms with Crippen LogP contribution in [0.4, 0.5) is 0 Å². The van der Waals surface area contributed by atoms with Gasteiger partial charge in [-0.1, -0.05) is 282 Å². The minimum atomic E-state index is -0.777. The van der Waals surface area contributed by atoms with Crippen molar-refractivity contribution in [3.05, 3.63) is 36.5 Å². The van der Waals surface area contributed by atoms with Gasteiger partial charge in [0.15, 0.2) is 6.10 Å². The zero-order chi connectivity index (χ0) is 48.6. The van der Waals surface area contributed by atoms with E-state index >= 15 is 0 Å². The van der Waals surface area contributed by atoms with E-state index in [2.05, 4.69) is 57.2 Å². The van der Waals surface area contributed by atoms with Gasteiger partial charge in [0.25, 0.3) is 0 Å². The number of rotatable bonds is 54. The van der Waals surface area contributed by atoms with Gasteiger partial charge in [-0.15, -0.1) is 0 Å². The number of carbonyl (C=O) groups excluding carboxylic acids is 3. The van der Waals surface area contributed by atoms with E-state index in [1.165, 1.54) is 180 Å². The topological polar surface area (TPSA) is 78.9 Å². The van der Waals surface area contributed by atoms with Gasteiger partial charge in [-0.3, -0.25) is 14.4 Å². The van der Waals surface area contributed by atoms with E-state index in [1.807, 2.05) is 0 Å². The second-order valence-corrected chi connectivity index (χ2v) is 19.9. The molecule has 0 spiro atoms. The summed E-state index contributed by atoms with van der Waals surface area (Å²) in [5.74, 6) is -0.870. The van der Waals surface area contributed by atoms with E-state index in [0.717, 1.165) is 96.3 Å². The van der Waals surface area contributed by atoms with E-state index in [-0.39, 0.29) is 31.1 Å². The Kier molecular flexibility index (Phi) is 54.2. The summed E-state index contributed by atoms with van der Waals surface area (Å²) in [6, 6.07) is 0. The van der Waals surface area contributed by atoms with Crippen LogP contribution in [0.25, 0.3) is 0 Å². The van der Waals surface area contributed by atoms with Crippen molar-refractivity contribution in [3.63, 3.8) is 0 Å². The molecule has 0 fully saturated rings. The standard InChI is InChI=1S/C61H112O6/c1-4-7-10-13-16-19-22-25-28-29-30-31-34-36-39-42-45-48-51-54-60(63)66-57-58(67-61(64)55-52-49-46-43-40-37-33-27-24-21-18-15-12-9-6-3)56-65-59(62)53-50-47-44-41-38-35-32-26-23-20-17-14-11-8-5-2/h9,12,18,21,27,33,58H,4-8,10-11,13-17,19-20,22-26,28-32,34-57H2,1-3H3/b12-9-,21-18-,33-27-/t58-/m1/s1. The Morgan fingerprint density at radius 2 is 0.582 bits per heavy atom. The summed E-state index contributed by atoms with van der Waals surface area (Å²) in [5, 5.41) is 0. The van der Waals surface area contributed by atoms with Crippen LogP contribution in [-0.2, 0) is 28.6 Å². The Balaban J connectivity index is 4.32. The first-order chi connectivity index (χ1) is 33.0. The first-order valence-corrected chi connectivity index (χ1v) is 29.5. The fraction of sp³-hybridized carbons (Fsp3) is 0.852. The molecule has 0 aromatic carbocycles. The van der Waals surface area contributed by atoms with Gasteiger partial charge in [0.1, 0.15) is 13.2 Å². The predicted octanol–water partition coefficient (Wildman–Crippen LogP) is 19.7. The normalized spacial score (nSPS) is 12.2. The molecule has 0 amide bonds. The van der Waals surface area contributed by atoms with E-state index < -0.39 is 6.10 Å². The minimum absolute atomic E-state index is 0.0743. The summed E-state index contributed by atoms with van der Waals surface area (Å²) in [6.45, 7) is 6.57. The summed E-state index contributed by atoms with van der Waals surface area (Å²) in [7, 11) is 0. The van der Waals surface area contributed by atoms with Crippen molar-refractivity contribution in [1.29, 1.82) is 0 Å². The molecule has 0 bridgehead atoms. The third kappa shape index (κ3) is 54.4. The summed E-state index contributed by atoms with van der Waals surface area (Å²) in [5.41, 5.74) is 0. The quantitative estimate of drug-likeness (QED) is 0.0262. The molecule has 6 heteroatoms. The summed E-state index contributed by atoms with van der Waals surface area (Å²) < 4.78 is 16.9. The van der Waals surface area contributed by atoms with Crippen LogP contribution in [0.5, 0.6) is 0 Å². The van der Waals surface area contributed by atoms with Crippen molar-refractivity contribution < 1.29 is 28.6 Å². The Morgan fingerprint density at radius 3 is 0.910 bits per heavy atom. The van der Waals surface area contributed by atoms with Crippen molar-refractivity contribution >= 4 is 17.9 Å². The molecule has 0 unspecified atom stereocenters. The van der Waals surface area contributed by atoms with Crippen LogP contribution in [-0.4, -0.2) is 37.2 Å². The molecule has 0 saturated heterocycles.